The van der Waals surface area contributed by atoms with E-state index in [1.807, 2.05) is 0 Å². The summed E-state index contributed by atoms with van der Waals surface area (Å²) in [6.07, 6.45) is 0. The minimum absolute atomic E-state index is 0.406. The lowest BCUT2D eigenvalue weighted by atomic mass is 9.79. The molecule has 0 unspecified atom stereocenters. The van der Waals surface area contributed by atoms with Gasteiger partial charge in [0.15, 0.2) is 8.07 Å². The molecular formula is C48H43BO2Si. The van der Waals surface area contributed by atoms with Gasteiger partial charge in [-0.25, -0.2) is 0 Å². The zero-order valence-corrected chi connectivity index (χ0v) is 31.3. The average Bonchev–Trinajstić information content (AvgIpc) is 3.43. The van der Waals surface area contributed by atoms with E-state index in [1.165, 1.54) is 54.1 Å². The SMILES string of the molecule is CC1(C)OB(c2ccc([Si](c3ccc(-c4ccccc4)cc3)(c3ccc(-c4ccccc4)cc3)c3ccc(-c4ccccc4)cc3)cc2)OC1(C)C. The highest BCUT2D eigenvalue weighted by molar-refractivity contribution is 7.19. The van der Waals surface area contributed by atoms with Crippen LogP contribution in [0.4, 0.5) is 0 Å². The van der Waals surface area contributed by atoms with Crippen LogP contribution in [0.3, 0.4) is 0 Å². The fourth-order valence-corrected chi connectivity index (χ4v) is 12.2. The Kier molecular flexibility index (Phi) is 8.92. The van der Waals surface area contributed by atoms with Gasteiger partial charge in [-0.3, -0.25) is 0 Å². The lowest BCUT2D eigenvalue weighted by Gasteiger charge is -2.35. The number of benzene rings is 7. The van der Waals surface area contributed by atoms with Crippen molar-refractivity contribution in [3.63, 3.8) is 0 Å². The Morgan fingerprint density at radius 2 is 0.577 bits per heavy atom. The molecule has 1 fully saturated rings. The summed E-state index contributed by atoms with van der Waals surface area (Å²) in [7, 11) is -3.29. The lowest BCUT2D eigenvalue weighted by molar-refractivity contribution is 0.00578. The Morgan fingerprint density at radius 3 is 0.865 bits per heavy atom. The van der Waals surface area contributed by atoms with E-state index in [2.05, 4.69) is 216 Å². The van der Waals surface area contributed by atoms with Crippen LogP contribution in [-0.2, 0) is 9.31 Å². The Hall–Kier alpha value is -5.26. The van der Waals surface area contributed by atoms with Gasteiger partial charge < -0.3 is 9.31 Å². The van der Waals surface area contributed by atoms with Gasteiger partial charge in [-0.1, -0.05) is 188 Å². The maximum atomic E-state index is 6.48. The van der Waals surface area contributed by atoms with E-state index in [0.29, 0.717) is 0 Å². The van der Waals surface area contributed by atoms with Gasteiger partial charge in [0.1, 0.15) is 0 Å². The minimum atomic E-state index is -2.87. The largest absolute Gasteiger partial charge is 0.494 e. The van der Waals surface area contributed by atoms with Gasteiger partial charge in [0, 0.05) is 0 Å². The summed E-state index contributed by atoms with van der Waals surface area (Å²) in [5, 5.41) is 5.29. The van der Waals surface area contributed by atoms with Crippen molar-refractivity contribution in [3.8, 4) is 33.4 Å². The number of hydrogen-bond donors (Lipinski definition) is 0. The Balaban J connectivity index is 1.32. The molecule has 0 atom stereocenters. The highest BCUT2D eigenvalue weighted by atomic mass is 28.3. The van der Waals surface area contributed by atoms with E-state index < -0.39 is 26.4 Å². The van der Waals surface area contributed by atoms with Crippen molar-refractivity contribution in [2.75, 3.05) is 0 Å². The summed E-state index contributed by atoms with van der Waals surface area (Å²) < 4.78 is 13.0. The molecule has 1 aliphatic heterocycles. The average molecular weight is 691 g/mol. The fraction of sp³-hybridized carbons (Fsp3) is 0.125. The molecule has 0 radical (unpaired) electrons. The van der Waals surface area contributed by atoms with E-state index in [-0.39, 0.29) is 0 Å². The Labute approximate surface area is 309 Å². The van der Waals surface area contributed by atoms with Crippen LogP contribution in [0.15, 0.2) is 188 Å². The lowest BCUT2D eigenvalue weighted by Crippen LogP contribution is -2.74. The van der Waals surface area contributed by atoms with Gasteiger partial charge in [-0.15, -0.1) is 0 Å². The first-order valence-electron chi connectivity index (χ1n) is 18.2. The fourth-order valence-electron chi connectivity index (χ4n) is 7.50. The molecule has 0 aliphatic carbocycles. The van der Waals surface area contributed by atoms with Crippen molar-refractivity contribution in [3.05, 3.63) is 188 Å². The molecule has 7 aromatic carbocycles. The molecule has 0 aromatic heterocycles. The van der Waals surface area contributed by atoms with Gasteiger partial charge in [0.2, 0.25) is 0 Å². The van der Waals surface area contributed by atoms with Crippen LogP contribution >= 0.6 is 0 Å². The van der Waals surface area contributed by atoms with E-state index in [0.717, 1.165) is 5.46 Å². The van der Waals surface area contributed by atoms with Gasteiger partial charge in [-0.05, 0) is 87.3 Å². The maximum absolute atomic E-state index is 6.48. The standard InChI is InChI=1S/C48H43BO2Si/c1-47(2)48(3,4)51-49(50-47)42-26-34-46(35-27-42)52(43-28-20-39(21-29-43)36-14-8-5-9-15-36,44-30-22-40(23-31-44)37-16-10-6-11-17-37)45-32-24-41(25-33-45)38-18-12-7-13-19-38/h5-35H,1-4H3. The van der Waals surface area contributed by atoms with Crippen molar-refractivity contribution in [2.45, 2.75) is 38.9 Å². The Morgan fingerprint density at radius 1 is 0.327 bits per heavy atom. The van der Waals surface area contributed by atoms with Crippen molar-refractivity contribution in [2.24, 2.45) is 0 Å². The number of rotatable bonds is 8. The van der Waals surface area contributed by atoms with E-state index >= 15 is 0 Å². The molecule has 0 spiro atoms. The molecule has 254 valence electrons. The third-order valence-corrected chi connectivity index (χ3v) is 15.9. The molecule has 0 N–H and O–H groups in total. The van der Waals surface area contributed by atoms with Crippen LogP contribution in [0.25, 0.3) is 33.4 Å². The molecule has 8 rings (SSSR count). The minimum Gasteiger partial charge on any atom is -0.399 e. The normalized spacial score (nSPS) is 15.0. The van der Waals surface area contributed by atoms with Crippen LogP contribution in [0.1, 0.15) is 27.7 Å². The number of hydrogen-bond acceptors (Lipinski definition) is 2. The second-order valence-electron chi connectivity index (χ2n) is 14.8. The van der Waals surface area contributed by atoms with Crippen LogP contribution in [-0.4, -0.2) is 26.4 Å². The van der Waals surface area contributed by atoms with Gasteiger partial charge in [0.25, 0.3) is 0 Å². The van der Waals surface area contributed by atoms with E-state index in [9.17, 15) is 0 Å². The van der Waals surface area contributed by atoms with Crippen molar-refractivity contribution in [1.82, 2.24) is 0 Å². The monoisotopic (exact) mass is 690 g/mol. The smallest absolute Gasteiger partial charge is 0.399 e. The molecule has 0 bridgehead atoms. The summed E-state index contributed by atoms with van der Waals surface area (Å²) in [4.78, 5) is 0. The second kappa shape index (κ2) is 13.7. The van der Waals surface area contributed by atoms with Crippen molar-refractivity contribution >= 4 is 41.4 Å². The first-order chi connectivity index (χ1) is 25.2. The maximum Gasteiger partial charge on any atom is 0.494 e. The zero-order chi connectivity index (χ0) is 35.8. The van der Waals surface area contributed by atoms with Crippen molar-refractivity contribution < 1.29 is 9.31 Å². The second-order valence-corrected chi connectivity index (χ2v) is 18.6. The van der Waals surface area contributed by atoms with Crippen molar-refractivity contribution in [1.29, 1.82) is 0 Å². The molecule has 7 aromatic rings. The van der Waals surface area contributed by atoms with Crippen LogP contribution < -0.4 is 26.2 Å². The molecule has 2 nitrogen and oxygen atoms in total. The molecular weight excluding hydrogens is 647 g/mol. The quantitative estimate of drug-likeness (QED) is 0.118. The van der Waals surface area contributed by atoms with Crippen LogP contribution in [0, 0.1) is 0 Å². The topological polar surface area (TPSA) is 18.5 Å². The highest BCUT2D eigenvalue weighted by Crippen LogP contribution is 2.36. The third-order valence-electron chi connectivity index (χ3n) is 11.1. The predicted octanol–water partition coefficient (Wildman–Crippen LogP) is 8.36. The molecule has 1 heterocycles. The zero-order valence-electron chi connectivity index (χ0n) is 30.3. The molecule has 0 saturated carbocycles. The Bertz CT molecular complexity index is 2030. The van der Waals surface area contributed by atoms with Crippen LogP contribution in [0.2, 0.25) is 0 Å². The third kappa shape index (κ3) is 6.18. The molecule has 1 aliphatic rings. The summed E-state index contributed by atoms with van der Waals surface area (Å²) >= 11 is 0. The molecule has 1 saturated heterocycles. The van der Waals surface area contributed by atoms with Crippen LogP contribution in [0.5, 0.6) is 0 Å². The predicted molar refractivity (Wildman–Crippen MR) is 222 cm³/mol. The summed E-state index contributed by atoms with van der Waals surface area (Å²) in [5.74, 6) is 0. The van der Waals surface area contributed by atoms with E-state index in [4.69, 9.17) is 9.31 Å². The van der Waals surface area contributed by atoms with Gasteiger partial charge >= 0.3 is 7.12 Å². The van der Waals surface area contributed by atoms with Gasteiger partial charge in [0.05, 0.1) is 11.2 Å². The molecule has 4 heteroatoms. The molecule has 52 heavy (non-hydrogen) atoms. The summed E-state index contributed by atoms with van der Waals surface area (Å²) in [6.45, 7) is 8.43. The summed E-state index contributed by atoms with van der Waals surface area (Å²) in [5.41, 5.74) is 7.50. The van der Waals surface area contributed by atoms with E-state index in [1.54, 1.807) is 0 Å². The summed E-state index contributed by atoms with van der Waals surface area (Å²) in [6, 6.07) is 69.0. The first kappa shape index (κ1) is 33.9. The first-order valence-corrected chi connectivity index (χ1v) is 20.2. The van der Waals surface area contributed by atoms with Gasteiger partial charge in [-0.2, -0.15) is 0 Å². The molecule has 0 amide bonds. The highest BCUT2D eigenvalue weighted by Gasteiger charge is 2.52.